The molecule has 3 aromatic rings. The van der Waals surface area contributed by atoms with Crippen molar-refractivity contribution in [3.63, 3.8) is 0 Å². The van der Waals surface area contributed by atoms with Crippen molar-refractivity contribution in [1.82, 2.24) is 4.90 Å². The molecule has 0 bridgehead atoms. The molecule has 0 saturated carbocycles. The van der Waals surface area contributed by atoms with Gasteiger partial charge in [-0.3, -0.25) is 14.4 Å². The molecule has 0 radical (unpaired) electrons. The lowest BCUT2D eigenvalue weighted by Gasteiger charge is -2.33. The fourth-order valence-corrected chi connectivity index (χ4v) is 4.94. The topological polar surface area (TPSA) is 145 Å². The number of methoxy groups -OCH3 is 1. The number of ether oxygens (including phenoxy) is 1. The van der Waals surface area contributed by atoms with E-state index < -0.39 is 11.9 Å². The summed E-state index contributed by atoms with van der Waals surface area (Å²) in [5.41, 5.74) is 2.50. The van der Waals surface area contributed by atoms with Crippen LogP contribution in [0.4, 0.5) is 15.8 Å². The molecule has 2 N–H and O–H groups in total. The number of halogens is 1. The number of aliphatic carboxylic acids is 2. The molecule has 4 rings (SSSR count). The van der Waals surface area contributed by atoms with Crippen LogP contribution in [0.1, 0.15) is 40.5 Å². The molecule has 1 saturated heterocycles. The number of carbonyl (C=O) groups excluding carboxylic acids is 3. The molecule has 2 amide bonds. The Morgan fingerprint density at radius 2 is 1.45 bits per heavy atom. The molecule has 248 valence electrons. The highest BCUT2D eigenvalue weighted by Crippen LogP contribution is 2.25. The van der Waals surface area contributed by atoms with Crippen LogP contribution >= 0.6 is 0 Å². The van der Waals surface area contributed by atoms with Crippen LogP contribution in [0.25, 0.3) is 0 Å². The molecular weight excluding hydrogens is 609 g/mol. The van der Waals surface area contributed by atoms with E-state index in [1.54, 1.807) is 55.5 Å². The van der Waals surface area contributed by atoms with E-state index in [-0.39, 0.29) is 29.3 Å². The minimum atomic E-state index is -1.26. The van der Waals surface area contributed by atoms with Crippen LogP contribution < -0.4 is 14.5 Å². The largest absolute Gasteiger partial charge is 0.497 e. The second-order valence-electron chi connectivity index (χ2n) is 10.8. The van der Waals surface area contributed by atoms with E-state index in [0.29, 0.717) is 60.6 Å². The number of Topliss-reactive ketones (excluding diaryl/α,β-unsaturated/α-hetero) is 1. The van der Waals surface area contributed by atoms with E-state index in [1.807, 2.05) is 24.3 Å². The van der Waals surface area contributed by atoms with Gasteiger partial charge in [-0.1, -0.05) is 6.07 Å². The lowest BCUT2D eigenvalue weighted by molar-refractivity contribution is -0.134. The zero-order valence-electron chi connectivity index (χ0n) is 26.5. The molecular formula is C35H38FN3O8. The number of rotatable bonds is 11. The average molecular weight is 648 g/mol. The summed E-state index contributed by atoms with van der Waals surface area (Å²) < 4.78 is 18.6. The molecule has 0 atom stereocenters. The predicted octanol–water partition coefficient (Wildman–Crippen LogP) is 4.77. The van der Waals surface area contributed by atoms with Gasteiger partial charge in [0.1, 0.15) is 11.6 Å². The molecule has 0 aliphatic carbocycles. The van der Waals surface area contributed by atoms with Crippen LogP contribution in [0.2, 0.25) is 0 Å². The zero-order valence-corrected chi connectivity index (χ0v) is 26.5. The predicted molar refractivity (Wildman–Crippen MR) is 175 cm³/mol. The smallest absolute Gasteiger partial charge is 0.328 e. The molecule has 1 fully saturated rings. The Labute approximate surface area is 272 Å². The van der Waals surface area contributed by atoms with Crippen molar-refractivity contribution in [3.05, 3.63) is 102 Å². The van der Waals surface area contributed by atoms with Gasteiger partial charge in [-0.25, -0.2) is 14.0 Å². The van der Waals surface area contributed by atoms with Crippen LogP contribution in [0, 0.1) is 11.7 Å². The first-order valence-corrected chi connectivity index (χ1v) is 14.9. The van der Waals surface area contributed by atoms with Gasteiger partial charge >= 0.3 is 11.9 Å². The second-order valence-corrected chi connectivity index (χ2v) is 10.8. The third kappa shape index (κ3) is 10.9. The fourth-order valence-electron chi connectivity index (χ4n) is 4.94. The lowest BCUT2D eigenvalue weighted by Crippen LogP contribution is -2.42. The number of carboxylic acid groups (broad SMARTS) is 2. The van der Waals surface area contributed by atoms with E-state index in [1.165, 1.54) is 24.0 Å². The summed E-state index contributed by atoms with van der Waals surface area (Å²) in [6, 6.07) is 20.1. The maximum atomic E-state index is 13.7. The highest BCUT2D eigenvalue weighted by molar-refractivity contribution is 6.06. The first kappa shape index (κ1) is 36.1. The number of hydrogen-bond acceptors (Lipinski definition) is 7. The Balaban J connectivity index is 0.000000665. The molecule has 11 nitrogen and oxygen atoms in total. The van der Waals surface area contributed by atoms with Crippen LogP contribution in [-0.4, -0.2) is 85.0 Å². The Morgan fingerprint density at radius 1 is 0.872 bits per heavy atom. The summed E-state index contributed by atoms with van der Waals surface area (Å²) in [6.07, 6.45) is 2.55. The maximum Gasteiger partial charge on any atom is 0.328 e. The maximum absolute atomic E-state index is 13.7. The van der Waals surface area contributed by atoms with Gasteiger partial charge in [0.25, 0.3) is 5.91 Å². The quantitative estimate of drug-likeness (QED) is 0.222. The summed E-state index contributed by atoms with van der Waals surface area (Å²) in [5.74, 6) is -2.48. The van der Waals surface area contributed by atoms with Crippen molar-refractivity contribution in [3.8, 4) is 5.75 Å². The fraction of sp³-hybridized carbons (Fsp3) is 0.286. The third-order valence-corrected chi connectivity index (χ3v) is 7.68. The number of carboxylic acids is 2. The summed E-state index contributed by atoms with van der Waals surface area (Å²) in [4.78, 5) is 62.9. The number of amides is 2. The number of likely N-dealkylation sites (tertiary alicyclic amines) is 1. The molecule has 0 spiro atoms. The number of carbonyl (C=O) groups is 5. The number of nitrogens with zero attached hydrogens (tertiary/aromatic N) is 3. The minimum Gasteiger partial charge on any atom is -0.497 e. The molecule has 0 aromatic heterocycles. The van der Waals surface area contributed by atoms with Crippen molar-refractivity contribution in [2.24, 2.45) is 5.92 Å². The Hall–Kier alpha value is -5.36. The van der Waals surface area contributed by atoms with Crippen molar-refractivity contribution in [2.45, 2.75) is 19.8 Å². The van der Waals surface area contributed by atoms with Gasteiger partial charge in [0.2, 0.25) is 5.91 Å². The normalized spacial score (nSPS) is 13.3. The zero-order chi connectivity index (χ0) is 34.5. The molecule has 12 heteroatoms. The average Bonchev–Trinajstić information content (AvgIpc) is 3.07. The number of piperidine rings is 1. The van der Waals surface area contributed by atoms with E-state index in [0.717, 1.165) is 18.8 Å². The highest BCUT2D eigenvalue weighted by atomic mass is 19.1. The number of benzene rings is 3. The summed E-state index contributed by atoms with van der Waals surface area (Å²) >= 11 is 0. The number of hydrogen-bond donors (Lipinski definition) is 2. The molecule has 1 aliphatic rings. The monoisotopic (exact) mass is 647 g/mol. The van der Waals surface area contributed by atoms with Gasteiger partial charge in [0.15, 0.2) is 5.78 Å². The van der Waals surface area contributed by atoms with Crippen molar-refractivity contribution in [1.29, 1.82) is 0 Å². The summed E-state index contributed by atoms with van der Waals surface area (Å²) in [7, 11) is 3.28. The van der Waals surface area contributed by atoms with Gasteiger partial charge in [-0.2, -0.15) is 0 Å². The van der Waals surface area contributed by atoms with Crippen molar-refractivity contribution in [2.75, 3.05) is 50.1 Å². The standard InChI is InChI=1S/C31H34FN3O4.C4H4O4/c1-22(36)33(2)27-13-9-25(10-14-27)31(38)35(28-5-4-6-29(21-28)39-3)20-19-34-17-15-24(16-18-34)30(37)23-7-11-26(32)12-8-23;5-3(6)1-2-4(7)8/h4-14,21,24H,15-20H2,1-3H3;1-2H,(H,5,6)(H,7,8). The van der Waals surface area contributed by atoms with Crippen molar-refractivity contribution < 1.29 is 43.3 Å². The Bertz CT molecular complexity index is 1570. The van der Waals surface area contributed by atoms with Gasteiger partial charge in [0.05, 0.1) is 7.11 Å². The van der Waals surface area contributed by atoms with Gasteiger partial charge in [-0.05, 0) is 86.6 Å². The Morgan fingerprint density at radius 3 is 1.98 bits per heavy atom. The minimum absolute atomic E-state index is 0.0571. The molecule has 1 heterocycles. The van der Waals surface area contributed by atoms with Crippen LogP contribution in [-0.2, 0) is 14.4 Å². The van der Waals surface area contributed by atoms with Crippen LogP contribution in [0.3, 0.4) is 0 Å². The van der Waals surface area contributed by atoms with E-state index in [4.69, 9.17) is 14.9 Å². The Kier molecular flexibility index (Phi) is 13.3. The highest BCUT2D eigenvalue weighted by Gasteiger charge is 2.27. The van der Waals surface area contributed by atoms with Gasteiger partial charge < -0.3 is 29.6 Å². The first-order valence-electron chi connectivity index (χ1n) is 14.9. The SMILES string of the molecule is COc1cccc(N(CCN2CCC(C(=O)c3ccc(F)cc3)CC2)C(=O)c2ccc(N(C)C(C)=O)cc2)c1.O=C(O)C=CC(=O)O. The van der Waals surface area contributed by atoms with E-state index in [9.17, 15) is 28.4 Å². The van der Waals surface area contributed by atoms with Crippen LogP contribution in [0.15, 0.2) is 84.9 Å². The lowest BCUT2D eigenvalue weighted by atomic mass is 9.89. The number of anilines is 2. The molecule has 47 heavy (non-hydrogen) atoms. The number of ketones is 1. The van der Waals surface area contributed by atoms with Gasteiger partial charge in [0, 0.05) is 73.7 Å². The first-order chi connectivity index (χ1) is 22.4. The summed E-state index contributed by atoms with van der Waals surface area (Å²) in [6.45, 7) is 4.07. The van der Waals surface area contributed by atoms with Crippen molar-refractivity contribution >= 4 is 40.9 Å². The third-order valence-electron chi connectivity index (χ3n) is 7.68. The summed E-state index contributed by atoms with van der Waals surface area (Å²) in [5, 5.41) is 15.6. The van der Waals surface area contributed by atoms with Gasteiger partial charge in [-0.15, -0.1) is 0 Å². The second kappa shape index (κ2) is 17.4. The molecule has 3 aromatic carbocycles. The van der Waals surface area contributed by atoms with E-state index >= 15 is 0 Å². The van der Waals surface area contributed by atoms with Crippen LogP contribution in [0.5, 0.6) is 5.75 Å². The molecule has 0 unspecified atom stereocenters. The van der Waals surface area contributed by atoms with E-state index in [2.05, 4.69) is 4.90 Å². The molecule has 1 aliphatic heterocycles.